The summed E-state index contributed by atoms with van der Waals surface area (Å²) in [6.45, 7) is 3.58. The Morgan fingerprint density at radius 3 is 2.77 bits per heavy atom. The van der Waals surface area contributed by atoms with Crippen LogP contribution in [0.25, 0.3) is 0 Å². The fourth-order valence-electron chi connectivity index (χ4n) is 3.06. The first kappa shape index (κ1) is 15.8. The third-order valence-electron chi connectivity index (χ3n) is 4.60. The summed E-state index contributed by atoms with van der Waals surface area (Å²) in [6.07, 6.45) is 2.48. The van der Waals surface area contributed by atoms with E-state index in [1.165, 1.54) is 5.56 Å². The van der Waals surface area contributed by atoms with Crippen molar-refractivity contribution in [3.05, 3.63) is 29.8 Å². The number of hydrogen-bond acceptors (Lipinski definition) is 4. The number of hydrogen-bond donors (Lipinski definition) is 2. The van der Waals surface area contributed by atoms with Crippen LogP contribution in [0.3, 0.4) is 0 Å². The minimum atomic E-state index is -0.555. The van der Waals surface area contributed by atoms with Gasteiger partial charge in [0.2, 0.25) is 5.91 Å². The molecule has 2 fully saturated rings. The van der Waals surface area contributed by atoms with Crippen molar-refractivity contribution in [2.24, 2.45) is 0 Å². The lowest BCUT2D eigenvalue weighted by Crippen LogP contribution is -2.41. The zero-order valence-electron chi connectivity index (χ0n) is 13.0. The van der Waals surface area contributed by atoms with Gasteiger partial charge in [0, 0.05) is 37.0 Å². The van der Waals surface area contributed by atoms with E-state index in [9.17, 15) is 9.90 Å². The second kappa shape index (κ2) is 6.60. The first-order chi connectivity index (χ1) is 10.6. The summed E-state index contributed by atoms with van der Waals surface area (Å²) in [5, 5.41) is 13.8. The molecule has 2 atom stereocenters. The molecule has 2 aliphatic heterocycles. The summed E-state index contributed by atoms with van der Waals surface area (Å²) in [5.74, 6) is 2.09. The van der Waals surface area contributed by atoms with Gasteiger partial charge in [0.1, 0.15) is 0 Å². The number of carbonyl (C=O) groups is 1. The van der Waals surface area contributed by atoms with Gasteiger partial charge in [0.25, 0.3) is 0 Å². The molecule has 1 amide bonds. The topological polar surface area (TPSA) is 52.6 Å². The van der Waals surface area contributed by atoms with Crippen LogP contribution < -0.4 is 10.2 Å². The van der Waals surface area contributed by atoms with E-state index < -0.39 is 5.60 Å². The largest absolute Gasteiger partial charge is 0.388 e. The summed E-state index contributed by atoms with van der Waals surface area (Å²) < 4.78 is 0. The lowest BCUT2D eigenvalue weighted by atomic mass is 10.0. The predicted octanol–water partition coefficient (Wildman–Crippen LogP) is 2.33. The molecule has 2 saturated heterocycles. The van der Waals surface area contributed by atoms with Gasteiger partial charge in [-0.05, 0) is 43.2 Å². The van der Waals surface area contributed by atoms with Crippen molar-refractivity contribution in [1.82, 2.24) is 5.32 Å². The van der Waals surface area contributed by atoms with Crippen molar-refractivity contribution in [3.8, 4) is 0 Å². The van der Waals surface area contributed by atoms with E-state index in [4.69, 9.17) is 0 Å². The number of nitrogens with one attached hydrogen (secondary N) is 1. The van der Waals surface area contributed by atoms with Crippen molar-refractivity contribution in [2.75, 3.05) is 29.5 Å². The average Bonchev–Trinajstić information content (AvgIpc) is 3.14. The third-order valence-corrected chi connectivity index (χ3v) is 5.83. The molecule has 2 N–H and O–H groups in total. The highest BCUT2D eigenvalue weighted by Crippen LogP contribution is 2.28. The quantitative estimate of drug-likeness (QED) is 0.874. The number of rotatable bonds is 5. The van der Waals surface area contributed by atoms with Crippen LogP contribution in [0.2, 0.25) is 0 Å². The Morgan fingerprint density at radius 1 is 1.41 bits per heavy atom. The van der Waals surface area contributed by atoms with Gasteiger partial charge in [0.05, 0.1) is 5.60 Å². The van der Waals surface area contributed by atoms with Gasteiger partial charge in [0.15, 0.2) is 0 Å². The van der Waals surface area contributed by atoms with E-state index >= 15 is 0 Å². The molecule has 120 valence electrons. The van der Waals surface area contributed by atoms with E-state index in [0.717, 1.165) is 36.6 Å². The number of aliphatic hydroxyl groups is 1. The summed E-state index contributed by atoms with van der Waals surface area (Å²) in [6, 6.07) is 8.39. The second-order valence-electron chi connectivity index (χ2n) is 6.37. The van der Waals surface area contributed by atoms with Crippen LogP contribution in [-0.2, 0) is 4.79 Å². The smallest absolute Gasteiger partial charge is 0.227 e. The molecule has 0 aliphatic carbocycles. The van der Waals surface area contributed by atoms with Crippen LogP contribution in [0, 0.1) is 0 Å². The zero-order valence-corrected chi connectivity index (χ0v) is 13.9. The molecule has 0 bridgehead atoms. The van der Waals surface area contributed by atoms with Crippen LogP contribution in [0.5, 0.6) is 0 Å². The Bertz CT molecular complexity index is 526. The maximum absolute atomic E-state index is 11.8. The highest BCUT2D eigenvalue weighted by molar-refractivity contribution is 7.99. The molecule has 2 aliphatic rings. The van der Waals surface area contributed by atoms with Crippen LogP contribution >= 0.6 is 11.8 Å². The number of thioether (sulfide) groups is 1. The van der Waals surface area contributed by atoms with Crippen LogP contribution in [-0.4, -0.2) is 41.2 Å². The average molecular weight is 320 g/mol. The molecular weight excluding hydrogens is 296 g/mol. The van der Waals surface area contributed by atoms with Crippen LogP contribution in [0.4, 0.5) is 5.69 Å². The second-order valence-corrected chi connectivity index (χ2v) is 7.48. The van der Waals surface area contributed by atoms with Gasteiger partial charge in [-0.2, -0.15) is 11.8 Å². The first-order valence-electron chi connectivity index (χ1n) is 8.01. The van der Waals surface area contributed by atoms with Crippen molar-refractivity contribution in [1.29, 1.82) is 0 Å². The van der Waals surface area contributed by atoms with Gasteiger partial charge in [-0.3, -0.25) is 4.79 Å². The fourth-order valence-corrected chi connectivity index (χ4v) is 4.36. The number of carbonyl (C=O) groups excluding carboxylic acids is 1. The summed E-state index contributed by atoms with van der Waals surface area (Å²) >= 11 is 1.82. The van der Waals surface area contributed by atoms with Gasteiger partial charge in [-0.25, -0.2) is 0 Å². The van der Waals surface area contributed by atoms with E-state index in [2.05, 4.69) is 24.4 Å². The molecule has 22 heavy (non-hydrogen) atoms. The maximum atomic E-state index is 11.8. The highest BCUT2D eigenvalue weighted by atomic mass is 32.2. The summed E-state index contributed by atoms with van der Waals surface area (Å²) in [5.41, 5.74) is 1.62. The van der Waals surface area contributed by atoms with Gasteiger partial charge < -0.3 is 15.3 Å². The predicted molar refractivity (Wildman–Crippen MR) is 91.3 cm³/mol. The number of benzene rings is 1. The number of amides is 1. The zero-order chi connectivity index (χ0) is 15.6. The number of anilines is 1. The molecule has 3 rings (SSSR count). The van der Waals surface area contributed by atoms with Crippen LogP contribution in [0.15, 0.2) is 24.3 Å². The Kier molecular flexibility index (Phi) is 4.76. The Hall–Kier alpha value is -1.04. The van der Waals surface area contributed by atoms with Crippen molar-refractivity contribution in [2.45, 2.75) is 37.8 Å². The minimum Gasteiger partial charge on any atom is -0.388 e. The van der Waals surface area contributed by atoms with Gasteiger partial charge >= 0.3 is 0 Å². The van der Waals surface area contributed by atoms with Crippen LogP contribution in [0.1, 0.15) is 37.8 Å². The maximum Gasteiger partial charge on any atom is 0.227 e. The van der Waals surface area contributed by atoms with Crippen molar-refractivity contribution < 1.29 is 9.90 Å². The molecule has 0 radical (unpaired) electrons. The molecule has 1 aromatic rings. The highest BCUT2D eigenvalue weighted by Gasteiger charge is 2.31. The Labute approximate surface area is 136 Å². The molecular formula is C17H24N2O2S. The monoisotopic (exact) mass is 320 g/mol. The fraction of sp³-hybridized carbons (Fsp3) is 0.588. The summed E-state index contributed by atoms with van der Waals surface area (Å²) in [7, 11) is 0. The van der Waals surface area contributed by atoms with E-state index in [0.29, 0.717) is 13.0 Å². The molecule has 0 saturated carbocycles. The molecule has 2 unspecified atom stereocenters. The molecule has 5 heteroatoms. The lowest BCUT2D eigenvalue weighted by Gasteiger charge is -2.25. The van der Waals surface area contributed by atoms with E-state index in [1.807, 2.05) is 28.8 Å². The standard InChI is InChI=1S/C17H24N2O2S/c1-13(18-11-17(21)8-10-22-12-17)14-4-6-15(7-5-14)19-9-2-3-16(19)20/h4-7,13,18,21H,2-3,8-12H2,1H3. The molecule has 1 aromatic carbocycles. The molecule has 2 heterocycles. The van der Waals surface area contributed by atoms with E-state index in [1.54, 1.807) is 0 Å². The number of nitrogens with zero attached hydrogens (tertiary/aromatic N) is 1. The first-order valence-corrected chi connectivity index (χ1v) is 9.17. The Balaban J connectivity index is 1.58. The van der Waals surface area contributed by atoms with Gasteiger partial charge in [-0.15, -0.1) is 0 Å². The minimum absolute atomic E-state index is 0.193. The van der Waals surface area contributed by atoms with Gasteiger partial charge in [-0.1, -0.05) is 12.1 Å². The SMILES string of the molecule is CC(NCC1(O)CCSC1)c1ccc(N2CCCC2=O)cc1. The molecule has 0 spiro atoms. The van der Waals surface area contributed by atoms with Crippen molar-refractivity contribution >= 4 is 23.4 Å². The van der Waals surface area contributed by atoms with Crippen molar-refractivity contribution in [3.63, 3.8) is 0 Å². The summed E-state index contributed by atoms with van der Waals surface area (Å²) in [4.78, 5) is 13.6. The molecule has 0 aromatic heterocycles. The lowest BCUT2D eigenvalue weighted by molar-refractivity contribution is -0.117. The normalized spacial score (nSPS) is 26.6. The third kappa shape index (κ3) is 3.47. The molecule has 4 nitrogen and oxygen atoms in total. The van der Waals surface area contributed by atoms with E-state index in [-0.39, 0.29) is 11.9 Å². The Morgan fingerprint density at radius 2 is 2.18 bits per heavy atom.